The molecule has 0 fully saturated rings. The van der Waals surface area contributed by atoms with Gasteiger partial charge in [-0.05, 0) is 11.5 Å². The first-order valence-electron chi connectivity index (χ1n) is 3.72. The quantitative estimate of drug-likeness (QED) is 0.590. The van der Waals surface area contributed by atoms with Crippen LogP contribution in [0.4, 0.5) is 10.1 Å². The number of hydrogen-bond donors (Lipinski definition) is 1. The van der Waals surface area contributed by atoms with Crippen LogP contribution in [0.25, 0.3) is 10.8 Å². The molecule has 0 aliphatic carbocycles. The molecule has 1 nitrogen and oxygen atoms in total. The predicted octanol–water partition coefficient (Wildman–Crippen LogP) is 2.56. The van der Waals surface area contributed by atoms with Crippen molar-refractivity contribution in [2.24, 2.45) is 0 Å². The number of hydrogen-bond acceptors (Lipinski definition) is 1. The molecule has 2 aromatic rings. The molecule has 0 unspecified atom stereocenters. The lowest BCUT2D eigenvalue weighted by Gasteiger charge is -2.01. The van der Waals surface area contributed by atoms with Crippen LogP contribution in [0.3, 0.4) is 0 Å². The van der Waals surface area contributed by atoms with E-state index in [1.54, 1.807) is 6.07 Å². The van der Waals surface area contributed by atoms with E-state index >= 15 is 0 Å². The zero-order valence-electron chi connectivity index (χ0n) is 6.42. The molecule has 0 amide bonds. The molecule has 0 spiro atoms. The average molecular weight is 161 g/mol. The standard InChI is InChI=1S/C10H8FN/c11-9-6-5-7-3-1-2-4-8(7)10(9)12/h1-6H,12H2. The summed E-state index contributed by atoms with van der Waals surface area (Å²) in [5, 5.41) is 1.74. The SMILES string of the molecule is Nc1c(F)ccc2ccccc12. The van der Waals surface area contributed by atoms with Crippen LogP contribution in [0.5, 0.6) is 0 Å². The summed E-state index contributed by atoms with van der Waals surface area (Å²) in [6, 6.07) is 10.6. The Bertz CT molecular complexity index is 423. The van der Waals surface area contributed by atoms with Crippen LogP contribution < -0.4 is 5.73 Å². The van der Waals surface area contributed by atoms with E-state index in [-0.39, 0.29) is 11.5 Å². The maximum absolute atomic E-state index is 12.9. The summed E-state index contributed by atoms with van der Waals surface area (Å²) in [6.45, 7) is 0. The second-order valence-electron chi connectivity index (χ2n) is 2.68. The van der Waals surface area contributed by atoms with Gasteiger partial charge in [0.1, 0.15) is 5.82 Å². The highest BCUT2D eigenvalue weighted by atomic mass is 19.1. The third-order valence-electron chi connectivity index (χ3n) is 1.92. The summed E-state index contributed by atoms with van der Waals surface area (Å²) in [5.74, 6) is -0.353. The van der Waals surface area contributed by atoms with Crippen molar-refractivity contribution in [1.82, 2.24) is 0 Å². The van der Waals surface area contributed by atoms with Crippen molar-refractivity contribution in [1.29, 1.82) is 0 Å². The van der Waals surface area contributed by atoms with Crippen molar-refractivity contribution in [2.45, 2.75) is 0 Å². The van der Waals surface area contributed by atoms with Crippen LogP contribution in [0.2, 0.25) is 0 Å². The Hall–Kier alpha value is -1.57. The Kier molecular flexibility index (Phi) is 1.47. The fourth-order valence-electron chi connectivity index (χ4n) is 1.27. The molecule has 0 saturated carbocycles. The van der Waals surface area contributed by atoms with Gasteiger partial charge in [0.25, 0.3) is 0 Å². The minimum absolute atomic E-state index is 0.230. The maximum Gasteiger partial charge on any atom is 0.146 e. The molecule has 0 heterocycles. The third kappa shape index (κ3) is 0.925. The van der Waals surface area contributed by atoms with Crippen molar-refractivity contribution < 1.29 is 4.39 Å². The molecule has 2 N–H and O–H groups in total. The van der Waals surface area contributed by atoms with E-state index < -0.39 is 0 Å². The fourth-order valence-corrected chi connectivity index (χ4v) is 1.27. The lowest BCUT2D eigenvalue weighted by atomic mass is 10.1. The number of fused-ring (bicyclic) bond motifs is 1. The third-order valence-corrected chi connectivity index (χ3v) is 1.92. The van der Waals surface area contributed by atoms with E-state index in [2.05, 4.69) is 0 Å². The Morgan fingerprint density at radius 2 is 1.75 bits per heavy atom. The number of rotatable bonds is 0. The van der Waals surface area contributed by atoms with Gasteiger partial charge in [-0.2, -0.15) is 0 Å². The van der Waals surface area contributed by atoms with Gasteiger partial charge in [0.15, 0.2) is 0 Å². The van der Waals surface area contributed by atoms with Gasteiger partial charge in [-0.15, -0.1) is 0 Å². The molecular weight excluding hydrogens is 153 g/mol. The lowest BCUT2D eigenvalue weighted by molar-refractivity contribution is 0.634. The molecule has 0 atom stereocenters. The number of anilines is 1. The Morgan fingerprint density at radius 3 is 2.58 bits per heavy atom. The average Bonchev–Trinajstić information content (AvgIpc) is 2.12. The van der Waals surface area contributed by atoms with Crippen LogP contribution in [-0.2, 0) is 0 Å². The normalized spacial score (nSPS) is 10.4. The van der Waals surface area contributed by atoms with E-state index in [4.69, 9.17) is 5.73 Å². The van der Waals surface area contributed by atoms with Gasteiger partial charge >= 0.3 is 0 Å². The van der Waals surface area contributed by atoms with Crippen LogP contribution in [-0.4, -0.2) is 0 Å². The molecule has 0 bridgehead atoms. The molecule has 0 aromatic heterocycles. The van der Waals surface area contributed by atoms with Gasteiger partial charge in [-0.3, -0.25) is 0 Å². The highest BCUT2D eigenvalue weighted by Crippen LogP contribution is 2.22. The molecule has 60 valence electrons. The lowest BCUT2D eigenvalue weighted by Crippen LogP contribution is -1.90. The van der Waals surface area contributed by atoms with Crippen LogP contribution in [0, 0.1) is 5.82 Å². The minimum atomic E-state index is -0.353. The Morgan fingerprint density at radius 1 is 1.00 bits per heavy atom. The van der Waals surface area contributed by atoms with Crippen molar-refractivity contribution in [3.05, 3.63) is 42.2 Å². The minimum Gasteiger partial charge on any atom is -0.396 e. The number of halogens is 1. The monoisotopic (exact) mass is 161 g/mol. The zero-order valence-corrected chi connectivity index (χ0v) is 6.42. The molecule has 2 aromatic carbocycles. The summed E-state index contributed by atoms with van der Waals surface area (Å²) < 4.78 is 12.9. The first-order valence-corrected chi connectivity index (χ1v) is 3.72. The van der Waals surface area contributed by atoms with E-state index in [1.807, 2.05) is 24.3 Å². The summed E-state index contributed by atoms with van der Waals surface area (Å²) in [5.41, 5.74) is 5.77. The van der Waals surface area contributed by atoms with Gasteiger partial charge in [0.2, 0.25) is 0 Å². The molecule has 0 radical (unpaired) electrons. The van der Waals surface area contributed by atoms with E-state index in [9.17, 15) is 4.39 Å². The fraction of sp³-hybridized carbons (Fsp3) is 0. The number of benzene rings is 2. The van der Waals surface area contributed by atoms with E-state index in [1.165, 1.54) is 6.07 Å². The molecular formula is C10H8FN. The molecule has 12 heavy (non-hydrogen) atoms. The number of nitrogens with two attached hydrogens (primary N) is 1. The first kappa shape index (κ1) is 7.10. The van der Waals surface area contributed by atoms with E-state index in [0.29, 0.717) is 0 Å². The number of nitrogen functional groups attached to an aromatic ring is 1. The van der Waals surface area contributed by atoms with Gasteiger partial charge in [0.05, 0.1) is 5.69 Å². The largest absolute Gasteiger partial charge is 0.396 e. The van der Waals surface area contributed by atoms with Gasteiger partial charge in [-0.25, -0.2) is 4.39 Å². The Labute approximate surface area is 69.6 Å². The Balaban J connectivity index is 2.91. The summed E-state index contributed by atoms with van der Waals surface area (Å²) in [4.78, 5) is 0. The van der Waals surface area contributed by atoms with Gasteiger partial charge in [-0.1, -0.05) is 30.3 Å². The smallest absolute Gasteiger partial charge is 0.146 e. The summed E-state index contributed by atoms with van der Waals surface area (Å²) in [7, 11) is 0. The molecule has 2 heteroatoms. The van der Waals surface area contributed by atoms with Crippen LogP contribution >= 0.6 is 0 Å². The first-order chi connectivity index (χ1) is 5.79. The summed E-state index contributed by atoms with van der Waals surface area (Å²) in [6.07, 6.45) is 0. The molecule has 0 saturated heterocycles. The van der Waals surface area contributed by atoms with Crippen molar-refractivity contribution in [3.63, 3.8) is 0 Å². The van der Waals surface area contributed by atoms with Crippen molar-refractivity contribution in [2.75, 3.05) is 5.73 Å². The van der Waals surface area contributed by atoms with Crippen LogP contribution in [0.1, 0.15) is 0 Å². The van der Waals surface area contributed by atoms with Gasteiger partial charge in [0, 0.05) is 5.39 Å². The summed E-state index contributed by atoms with van der Waals surface area (Å²) >= 11 is 0. The predicted molar refractivity (Wildman–Crippen MR) is 48.3 cm³/mol. The van der Waals surface area contributed by atoms with Gasteiger partial charge < -0.3 is 5.73 Å². The second-order valence-corrected chi connectivity index (χ2v) is 2.68. The second kappa shape index (κ2) is 2.48. The van der Waals surface area contributed by atoms with Crippen molar-refractivity contribution >= 4 is 16.5 Å². The van der Waals surface area contributed by atoms with E-state index in [0.717, 1.165) is 10.8 Å². The topological polar surface area (TPSA) is 26.0 Å². The highest BCUT2D eigenvalue weighted by Gasteiger charge is 2.01. The molecule has 0 aliphatic rings. The molecule has 0 aliphatic heterocycles. The highest BCUT2D eigenvalue weighted by molar-refractivity contribution is 5.92. The van der Waals surface area contributed by atoms with Crippen LogP contribution in [0.15, 0.2) is 36.4 Å². The maximum atomic E-state index is 12.9. The zero-order chi connectivity index (χ0) is 8.55. The molecule has 2 rings (SSSR count). The van der Waals surface area contributed by atoms with Crippen molar-refractivity contribution in [3.8, 4) is 0 Å².